The number of hydrogen-bond donors (Lipinski definition) is 1. The maximum atomic E-state index is 9.65. The molecule has 0 fully saturated rings. The fraction of sp³-hybridized carbons (Fsp3) is 0.471. The molecule has 1 heterocycles. The third-order valence-electron chi connectivity index (χ3n) is 3.46. The summed E-state index contributed by atoms with van der Waals surface area (Å²) < 4.78 is 1.08. The number of aliphatic hydroxyl groups excluding tert-OH is 1. The van der Waals surface area contributed by atoms with Gasteiger partial charge in [0.25, 0.3) is 0 Å². The number of rotatable bonds is 5. The van der Waals surface area contributed by atoms with Gasteiger partial charge < -0.3 is 5.11 Å². The van der Waals surface area contributed by atoms with Crippen LogP contribution in [0.25, 0.3) is 0 Å². The summed E-state index contributed by atoms with van der Waals surface area (Å²) in [5.74, 6) is 0.221. The molecule has 0 saturated carbocycles. The predicted octanol–water partition coefficient (Wildman–Crippen LogP) is 4.60. The monoisotopic (exact) mass is 367 g/mol. The molecule has 0 radical (unpaired) electrons. The molecule has 0 aliphatic heterocycles. The van der Waals surface area contributed by atoms with Gasteiger partial charge in [-0.05, 0) is 30.0 Å². The van der Waals surface area contributed by atoms with Crippen LogP contribution in [0, 0.1) is 5.92 Å². The van der Waals surface area contributed by atoms with Crippen molar-refractivity contribution in [3.8, 4) is 0 Å². The summed E-state index contributed by atoms with van der Waals surface area (Å²) in [6.45, 7) is 6.72. The molecule has 1 N–H and O–H groups in total. The lowest BCUT2D eigenvalue weighted by molar-refractivity contribution is 0.225. The summed E-state index contributed by atoms with van der Waals surface area (Å²) in [5.41, 5.74) is 2.48. The Hall–Kier alpha value is -0.710. The number of thiazole rings is 1. The first-order chi connectivity index (χ1) is 9.88. The maximum Gasteiger partial charge on any atom is 0.0932 e. The van der Waals surface area contributed by atoms with Crippen molar-refractivity contribution in [3.05, 3.63) is 50.4 Å². The molecule has 0 bridgehead atoms. The zero-order valence-corrected chi connectivity index (χ0v) is 15.2. The SMILES string of the molecule is CC(C)(C)c1csc(CC(CO)Cc2cccc(Br)c2)n1. The lowest BCUT2D eigenvalue weighted by Gasteiger charge is -2.15. The first-order valence-corrected chi connectivity index (χ1v) is 8.86. The predicted molar refractivity (Wildman–Crippen MR) is 92.9 cm³/mol. The molecule has 4 heteroatoms. The summed E-state index contributed by atoms with van der Waals surface area (Å²) in [4.78, 5) is 4.73. The Morgan fingerprint density at radius 2 is 2.05 bits per heavy atom. The van der Waals surface area contributed by atoms with Gasteiger partial charge in [0.05, 0.1) is 10.7 Å². The van der Waals surface area contributed by atoms with Crippen LogP contribution >= 0.6 is 27.3 Å². The van der Waals surface area contributed by atoms with E-state index in [4.69, 9.17) is 4.98 Å². The van der Waals surface area contributed by atoms with Crippen LogP contribution in [0.2, 0.25) is 0 Å². The van der Waals surface area contributed by atoms with Crippen LogP contribution in [0.3, 0.4) is 0 Å². The number of hydrogen-bond acceptors (Lipinski definition) is 3. The van der Waals surface area contributed by atoms with E-state index in [2.05, 4.69) is 54.2 Å². The highest BCUT2D eigenvalue weighted by Gasteiger charge is 2.19. The summed E-state index contributed by atoms with van der Waals surface area (Å²) in [5, 5.41) is 12.9. The van der Waals surface area contributed by atoms with Crippen LogP contribution in [-0.4, -0.2) is 16.7 Å². The highest BCUT2D eigenvalue weighted by molar-refractivity contribution is 9.10. The third kappa shape index (κ3) is 4.90. The molecular weight excluding hydrogens is 346 g/mol. The fourth-order valence-electron chi connectivity index (χ4n) is 2.19. The standard InChI is InChI=1S/C17H22BrNOS/c1-17(2,3)15-11-21-16(19-15)9-13(10-20)7-12-5-4-6-14(18)8-12/h4-6,8,11,13,20H,7,9-10H2,1-3H3. The van der Waals surface area contributed by atoms with E-state index in [9.17, 15) is 5.11 Å². The Morgan fingerprint density at radius 1 is 1.29 bits per heavy atom. The van der Waals surface area contributed by atoms with Crippen molar-refractivity contribution in [1.82, 2.24) is 4.98 Å². The van der Waals surface area contributed by atoms with Crippen molar-refractivity contribution in [3.63, 3.8) is 0 Å². The minimum atomic E-state index is 0.0910. The van der Waals surface area contributed by atoms with E-state index in [1.54, 1.807) is 11.3 Å². The Morgan fingerprint density at radius 3 is 2.62 bits per heavy atom. The zero-order valence-electron chi connectivity index (χ0n) is 12.8. The minimum Gasteiger partial charge on any atom is -0.396 e. The van der Waals surface area contributed by atoms with Crippen LogP contribution in [0.1, 0.15) is 37.0 Å². The third-order valence-corrected chi connectivity index (χ3v) is 4.82. The van der Waals surface area contributed by atoms with Crippen molar-refractivity contribution in [2.24, 2.45) is 5.92 Å². The van der Waals surface area contributed by atoms with Crippen LogP contribution in [-0.2, 0) is 18.3 Å². The van der Waals surface area contributed by atoms with E-state index < -0.39 is 0 Å². The Kier molecular flexibility index (Phi) is 5.58. The summed E-state index contributed by atoms with van der Waals surface area (Å²) in [7, 11) is 0. The molecule has 0 aliphatic rings. The second-order valence-electron chi connectivity index (χ2n) is 6.46. The molecule has 1 unspecified atom stereocenters. The zero-order chi connectivity index (χ0) is 15.5. The first kappa shape index (κ1) is 16.7. The van der Waals surface area contributed by atoms with Gasteiger partial charge in [-0.15, -0.1) is 11.3 Å². The Bertz CT molecular complexity index is 588. The van der Waals surface area contributed by atoms with Gasteiger partial charge in [0.1, 0.15) is 0 Å². The molecule has 0 spiro atoms. The van der Waals surface area contributed by atoms with Gasteiger partial charge in [0.2, 0.25) is 0 Å². The van der Waals surface area contributed by atoms with E-state index in [0.29, 0.717) is 0 Å². The van der Waals surface area contributed by atoms with Crippen LogP contribution in [0.5, 0.6) is 0 Å². The Labute approximate surface area is 139 Å². The molecule has 0 saturated heterocycles. The molecule has 0 aliphatic carbocycles. The largest absolute Gasteiger partial charge is 0.396 e. The van der Waals surface area contributed by atoms with Crippen molar-refractivity contribution < 1.29 is 5.11 Å². The molecule has 21 heavy (non-hydrogen) atoms. The van der Waals surface area contributed by atoms with Gasteiger partial charge in [-0.1, -0.05) is 48.8 Å². The lowest BCUT2D eigenvalue weighted by atomic mass is 9.93. The Balaban J connectivity index is 2.04. The van der Waals surface area contributed by atoms with Gasteiger partial charge in [-0.3, -0.25) is 0 Å². The lowest BCUT2D eigenvalue weighted by Crippen LogP contribution is -2.14. The minimum absolute atomic E-state index is 0.0910. The van der Waals surface area contributed by atoms with E-state index in [1.807, 2.05) is 12.1 Å². The summed E-state index contributed by atoms with van der Waals surface area (Å²) in [6, 6.07) is 8.28. The fourth-order valence-corrected chi connectivity index (χ4v) is 3.78. The molecule has 2 rings (SSSR count). The smallest absolute Gasteiger partial charge is 0.0932 e. The van der Waals surface area contributed by atoms with Crippen LogP contribution in [0.15, 0.2) is 34.1 Å². The number of nitrogens with zero attached hydrogens (tertiary/aromatic N) is 1. The second kappa shape index (κ2) is 7.03. The quantitative estimate of drug-likeness (QED) is 0.837. The van der Waals surface area contributed by atoms with Gasteiger partial charge >= 0.3 is 0 Å². The average Bonchev–Trinajstić information content (AvgIpc) is 2.86. The second-order valence-corrected chi connectivity index (χ2v) is 8.32. The molecule has 2 aromatic rings. The van der Waals surface area contributed by atoms with Crippen molar-refractivity contribution in [2.75, 3.05) is 6.61 Å². The summed E-state index contributed by atoms with van der Waals surface area (Å²) in [6.07, 6.45) is 1.71. The van der Waals surface area contributed by atoms with Gasteiger partial charge in [-0.25, -0.2) is 4.98 Å². The van der Waals surface area contributed by atoms with Gasteiger partial charge in [-0.2, -0.15) is 0 Å². The molecule has 1 aromatic carbocycles. The maximum absolute atomic E-state index is 9.65. The van der Waals surface area contributed by atoms with E-state index in [1.165, 1.54) is 5.56 Å². The molecule has 114 valence electrons. The van der Waals surface area contributed by atoms with Crippen molar-refractivity contribution >= 4 is 27.3 Å². The number of benzene rings is 1. The highest BCUT2D eigenvalue weighted by Crippen LogP contribution is 2.26. The molecular formula is C17H22BrNOS. The molecule has 1 aromatic heterocycles. The van der Waals surface area contributed by atoms with Crippen molar-refractivity contribution in [1.29, 1.82) is 0 Å². The van der Waals surface area contributed by atoms with Gasteiger partial charge in [0, 0.05) is 28.3 Å². The number of halogens is 1. The highest BCUT2D eigenvalue weighted by atomic mass is 79.9. The van der Waals surface area contributed by atoms with Crippen LogP contribution in [0.4, 0.5) is 0 Å². The molecule has 0 amide bonds. The molecule has 1 atom stereocenters. The summed E-state index contributed by atoms with van der Waals surface area (Å²) >= 11 is 5.20. The number of aliphatic hydroxyl groups is 1. The van der Waals surface area contributed by atoms with Gasteiger partial charge in [0.15, 0.2) is 0 Å². The molecule has 2 nitrogen and oxygen atoms in total. The number of aromatic nitrogens is 1. The van der Waals surface area contributed by atoms with Crippen molar-refractivity contribution in [2.45, 2.75) is 39.0 Å². The normalized spacial score (nSPS) is 13.4. The van der Waals surface area contributed by atoms with E-state index >= 15 is 0 Å². The van der Waals surface area contributed by atoms with Crippen LogP contribution < -0.4 is 0 Å². The average molecular weight is 368 g/mol. The van der Waals surface area contributed by atoms with E-state index in [0.717, 1.165) is 28.0 Å². The van der Waals surface area contributed by atoms with E-state index in [-0.39, 0.29) is 17.9 Å². The first-order valence-electron chi connectivity index (χ1n) is 7.18. The topological polar surface area (TPSA) is 33.1 Å².